The summed E-state index contributed by atoms with van der Waals surface area (Å²) in [6.45, 7) is 3.59. The van der Waals surface area contributed by atoms with Crippen LogP contribution in [0.4, 0.5) is 10.1 Å². The highest BCUT2D eigenvalue weighted by Crippen LogP contribution is 2.41. The molecule has 34 heavy (non-hydrogen) atoms. The zero-order valence-electron chi connectivity index (χ0n) is 18.8. The van der Waals surface area contributed by atoms with Crippen molar-refractivity contribution in [1.82, 2.24) is 5.32 Å². The first kappa shape index (κ1) is 25.0. The summed E-state index contributed by atoms with van der Waals surface area (Å²) in [5.74, 6) is -5.26. The number of aryl methyl sites for hydroxylation is 1. The van der Waals surface area contributed by atoms with E-state index in [1.165, 1.54) is 18.2 Å². The number of hydrogen-bond acceptors (Lipinski definition) is 6. The molecule has 2 aromatic rings. The number of anilines is 1. The van der Waals surface area contributed by atoms with Crippen molar-refractivity contribution in [3.05, 3.63) is 76.1 Å². The molecule has 0 fully saturated rings. The summed E-state index contributed by atoms with van der Waals surface area (Å²) in [4.78, 5) is 38.1. The molecule has 3 rings (SSSR count). The first-order valence-corrected chi connectivity index (χ1v) is 11.8. The summed E-state index contributed by atoms with van der Waals surface area (Å²) < 4.78 is 19.7. The maximum atomic E-state index is 14.7. The Hall–Kier alpha value is -3.64. The predicted molar refractivity (Wildman–Crippen MR) is 127 cm³/mol. The Balaban J connectivity index is 1.91. The van der Waals surface area contributed by atoms with Crippen LogP contribution in [0.15, 0.2) is 59.1 Å². The molecule has 0 saturated carbocycles. The third-order valence-electron chi connectivity index (χ3n) is 5.33. The van der Waals surface area contributed by atoms with Crippen molar-refractivity contribution in [2.75, 3.05) is 17.7 Å². The third-order valence-corrected chi connectivity index (χ3v) is 6.35. The van der Waals surface area contributed by atoms with Gasteiger partial charge in [0.25, 0.3) is 0 Å². The Morgan fingerprint density at radius 3 is 2.56 bits per heavy atom. The Kier molecular flexibility index (Phi) is 8.44. The van der Waals surface area contributed by atoms with Crippen molar-refractivity contribution < 1.29 is 23.5 Å². The van der Waals surface area contributed by atoms with Crippen LogP contribution in [0.5, 0.6) is 0 Å². The smallest absolute Gasteiger partial charge is 0.319 e. The average molecular weight is 482 g/mol. The number of carbonyl (C=O) groups is 3. The number of para-hydroxylation sites is 1. The molecule has 0 unspecified atom stereocenters. The summed E-state index contributed by atoms with van der Waals surface area (Å²) in [7, 11) is 0. The van der Waals surface area contributed by atoms with Crippen molar-refractivity contribution in [2.24, 2.45) is 5.92 Å². The van der Waals surface area contributed by atoms with Crippen LogP contribution in [0.3, 0.4) is 0 Å². The molecule has 176 valence electrons. The van der Waals surface area contributed by atoms with Gasteiger partial charge in [0.15, 0.2) is 0 Å². The molecule has 1 aliphatic heterocycles. The maximum absolute atomic E-state index is 14.7. The number of nitrogens with zero attached hydrogens (tertiary/aromatic N) is 1. The van der Waals surface area contributed by atoms with Gasteiger partial charge in [-0.05, 0) is 36.6 Å². The van der Waals surface area contributed by atoms with Gasteiger partial charge in [-0.2, -0.15) is 5.26 Å². The van der Waals surface area contributed by atoms with Gasteiger partial charge in [-0.15, -0.1) is 0 Å². The predicted octanol–water partition coefficient (Wildman–Crippen LogP) is 3.89. The molecule has 2 atom stereocenters. The zero-order chi connectivity index (χ0) is 24.7. The molecule has 0 radical (unpaired) electrons. The fourth-order valence-electron chi connectivity index (χ4n) is 3.76. The second-order valence-corrected chi connectivity index (χ2v) is 8.41. The van der Waals surface area contributed by atoms with E-state index in [1.54, 1.807) is 19.1 Å². The fraction of sp³-hybridized carbons (Fsp3) is 0.280. The summed E-state index contributed by atoms with van der Waals surface area (Å²) in [5.41, 5.74) is 1.69. The lowest BCUT2D eigenvalue weighted by Gasteiger charge is -2.31. The van der Waals surface area contributed by atoms with Gasteiger partial charge in [0.1, 0.15) is 11.7 Å². The molecule has 0 spiro atoms. The number of benzene rings is 2. The van der Waals surface area contributed by atoms with E-state index in [4.69, 9.17) is 4.74 Å². The van der Waals surface area contributed by atoms with Crippen molar-refractivity contribution in [3.63, 3.8) is 0 Å². The maximum Gasteiger partial charge on any atom is 0.319 e. The highest BCUT2D eigenvalue weighted by atomic mass is 32.2. The van der Waals surface area contributed by atoms with Crippen molar-refractivity contribution in [2.45, 2.75) is 26.2 Å². The van der Waals surface area contributed by atoms with Crippen LogP contribution in [0.25, 0.3) is 0 Å². The largest absolute Gasteiger partial charge is 0.465 e. The molecule has 0 aliphatic carbocycles. The molecule has 2 N–H and O–H groups in total. The highest BCUT2D eigenvalue weighted by molar-refractivity contribution is 8.03. The number of ether oxygens (including phenoxy) is 1. The minimum absolute atomic E-state index is 0.00508. The Morgan fingerprint density at radius 2 is 1.88 bits per heavy atom. The van der Waals surface area contributed by atoms with E-state index in [0.29, 0.717) is 5.69 Å². The normalized spacial score (nSPS) is 17.5. The molecule has 9 heteroatoms. The van der Waals surface area contributed by atoms with Crippen molar-refractivity contribution in [3.8, 4) is 6.07 Å². The van der Waals surface area contributed by atoms with Gasteiger partial charge in [-0.25, -0.2) is 4.39 Å². The van der Waals surface area contributed by atoms with Crippen LogP contribution in [0, 0.1) is 23.1 Å². The summed E-state index contributed by atoms with van der Waals surface area (Å²) >= 11 is 0.945. The lowest BCUT2D eigenvalue weighted by atomic mass is 9.78. The van der Waals surface area contributed by atoms with E-state index in [1.807, 2.05) is 31.2 Å². The van der Waals surface area contributed by atoms with E-state index in [-0.39, 0.29) is 34.4 Å². The quantitative estimate of drug-likeness (QED) is 0.438. The van der Waals surface area contributed by atoms with Gasteiger partial charge in [-0.1, -0.05) is 55.1 Å². The molecule has 1 heterocycles. The number of allylic oxidation sites excluding steroid dienone is 1. The second kappa shape index (κ2) is 11.5. The minimum Gasteiger partial charge on any atom is -0.465 e. The summed E-state index contributed by atoms with van der Waals surface area (Å²) in [6.07, 6.45) is 0.739. The highest BCUT2D eigenvalue weighted by Gasteiger charge is 2.45. The zero-order valence-corrected chi connectivity index (χ0v) is 19.6. The van der Waals surface area contributed by atoms with E-state index in [0.717, 1.165) is 23.7 Å². The van der Waals surface area contributed by atoms with Crippen LogP contribution in [0.2, 0.25) is 0 Å². The number of hydrogen-bond donors (Lipinski definition) is 2. The van der Waals surface area contributed by atoms with Crippen LogP contribution in [-0.4, -0.2) is 30.1 Å². The van der Waals surface area contributed by atoms with Gasteiger partial charge < -0.3 is 15.4 Å². The number of esters is 1. The standard InChI is InChI=1S/C25H24FN3O4S/c1-3-15-9-5-8-12-19(15)28-20(30)14-34-24-17(13-27)21(16-10-6-7-11-18(16)26)22(23(31)29-24)25(32)33-4-2/h5-12,21-22H,3-4,14H2,1-2H3,(H,28,30)(H,29,31)/t21-,22-/m0/s1. The molecule has 0 saturated heterocycles. The lowest BCUT2D eigenvalue weighted by molar-refractivity contribution is -0.152. The fourth-order valence-corrected chi connectivity index (χ4v) is 4.61. The van der Waals surface area contributed by atoms with Gasteiger partial charge in [0, 0.05) is 11.6 Å². The van der Waals surface area contributed by atoms with Crippen LogP contribution >= 0.6 is 11.8 Å². The van der Waals surface area contributed by atoms with Gasteiger partial charge in [0.05, 0.1) is 29.0 Å². The molecular formula is C25H24FN3O4S. The van der Waals surface area contributed by atoms with Gasteiger partial charge in [0.2, 0.25) is 11.8 Å². The number of amides is 2. The van der Waals surface area contributed by atoms with Crippen LogP contribution in [-0.2, 0) is 25.5 Å². The molecular weight excluding hydrogens is 457 g/mol. The Bertz CT molecular complexity index is 1170. The molecule has 0 aromatic heterocycles. The van der Waals surface area contributed by atoms with Gasteiger partial charge in [-0.3, -0.25) is 14.4 Å². The van der Waals surface area contributed by atoms with Gasteiger partial charge >= 0.3 is 5.97 Å². The third kappa shape index (κ3) is 5.46. The first-order chi connectivity index (χ1) is 16.4. The lowest BCUT2D eigenvalue weighted by Crippen LogP contribution is -2.44. The van der Waals surface area contributed by atoms with E-state index < -0.39 is 29.5 Å². The Labute approximate surface area is 201 Å². The number of carbonyl (C=O) groups excluding carboxylic acids is 3. The van der Waals surface area contributed by atoms with E-state index in [9.17, 15) is 24.0 Å². The van der Waals surface area contributed by atoms with Crippen LogP contribution in [0.1, 0.15) is 30.9 Å². The topological polar surface area (TPSA) is 108 Å². The molecule has 7 nitrogen and oxygen atoms in total. The number of nitriles is 1. The summed E-state index contributed by atoms with van der Waals surface area (Å²) in [5, 5.41) is 15.4. The second-order valence-electron chi connectivity index (χ2n) is 7.42. The monoisotopic (exact) mass is 481 g/mol. The van der Waals surface area contributed by atoms with Crippen LogP contribution < -0.4 is 10.6 Å². The van der Waals surface area contributed by atoms with Crippen molar-refractivity contribution in [1.29, 1.82) is 5.26 Å². The first-order valence-electron chi connectivity index (χ1n) is 10.8. The number of nitrogens with one attached hydrogen (secondary N) is 2. The summed E-state index contributed by atoms with van der Waals surface area (Å²) in [6, 6.07) is 15.1. The number of halogens is 1. The molecule has 2 aromatic carbocycles. The Morgan fingerprint density at radius 1 is 1.18 bits per heavy atom. The average Bonchev–Trinajstić information content (AvgIpc) is 2.83. The number of thioether (sulfide) groups is 1. The van der Waals surface area contributed by atoms with E-state index >= 15 is 0 Å². The minimum atomic E-state index is -1.43. The SMILES string of the molecule is CCOC(=O)[C@@H]1C(=O)NC(SCC(=O)Nc2ccccc2CC)=C(C#N)[C@@H]1c1ccccc1F. The van der Waals surface area contributed by atoms with E-state index in [2.05, 4.69) is 10.6 Å². The number of rotatable bonds is 8. The molecule has 1 aliphatic rings. The molecule has 2 amide bonds. The molecule has 0 bridgehead atoms. The van der Waals surface area contributed by atoms with Crippen molar-refractivity contribution >= 4 is 35.2 Å².